The van der Waals surface area contributed by atoms with Gasteiger partial charge in [0.05, 0.1) is 0 Å². The summed E-state index contributed by atoms with van der Waals surface area (Å²) >= 11 is 1.48. The topological polar surface area (TPSA) is 61.4 Å². The summed E-state index contributed by atoms with van der Waals surface area (Å²) in [6.07, 6.45) is 4.59. The van der Waals surface area contributed by atoms with E-state index in [0.29, 0.717) is 6.04 Å². The number of hydrogen-bond acceptors (Lipinski definition) is 6. The number of benzene rings is 2. The van der Waals surface area contributed by atoms with E-state index in [9.17, 15) is 4.79 Å². The minimum atomic E-state index is 0.105. The minimum absolute atomic E-state index is 0.105. The fraction of sp³-hybridized carbons (Fsp3) is 0.464. The van der Waals surface area contributed by atoms with Gasteiger partial charge in [-0.2, -0.15) is 4.37 Å². The number of nitrogens with one attached hydrogen (secondary N) is 1. The molecule has 2 fully saturated rings. The van der Waals surface area contributed by atoms with Crippen LogP contribution in [0.15, 0.2) is 54.6 Å². The number of carbonyl (C=O) groups is 1. The molecule has 0 unspecified atom stereocenters. The van der Waals surface area contributed by atoms with Crippen LogP contribution in [0.4, 0.5) is 5.13 Å². The summed E-state index contributed by atoms with van der Waals surface area (Å²) < 4.78 is 4.58. The summed E-state index contributed by atoms with van der Waals surface area (Å²) in [7, 11) is 0. The van der Waals surface area contributed by atoms with Gasteiger partial charge in [-0.05, 0) is 43.7 Å². The molecule has 1 N–H and O–H groups in total. The first-order chi connectivity index (χ1) is 17.1. The average Bonchev–Trinajstić information content (AvgIpc) is 3.36. The number of anilines is 1. The van der Waals surface area contributed by atoms with Crippen molar-refractivity contribution in [2.24, 2.45) is 5.92 Å². The molecule has 3 heterocycles. The maximum absolute atomic E-state index is 12.9. The van der Waals surface area contributed by atoms with E-state index in [0.717, 1.165) is 75.8 Å². The average molecular weight is 490 g/mol. The summed E-state index contributed by atoms with van der Waals surface area (Å²) in [6.45, 7) is 6.92. The van der Waals surface area contributed by atoms with Crippen LogP contribution in [-0.2, 0) is 17.8 Å². The van der Waals surface area contributed by atoms with Gasteiger partial charge in [0.25, 0.3) is 0 Å². The number of aryl methyl sites for hydroxylation is 1. The smallest absolute Gasteiger partial charge is 0.223 e. The highest BCUT2D eigenvalue weighted by Gasteiger charge is 2.29. The standard InChI is InChI=1S/C28H35N5OS/c1-21-7-9-22(10-8-21)19-26-30-28(35-31-26)33-17-11-24(12-18-33)27(34)29-25-13-15-32(16-14-25)20-23-5-3-2-4-6-23/h2-10,24-25H,11-20H2,1H3,(H,29,34). The van der Waals surface area contributed by atoms with Crippen molar-refractivity contribution >= 4 is 22.6 Å². The fourth-order valence-corrected chi connectivity index (χ4v) is 5.80. The first-order valence-electron chi connectivity index (χ1n) is 12.8. The molecule has 35 heavy (non-hydrogen) atoms. The molecule has 0 saturated carbocycles. The Morgan fingerprint density at radius 1 is 0.943 bits per heavy atom. The Labute approximate surface area is 212 Å². The molecule has 2 aliphatic rings. The highest BCUT2D eigenvalue weighted by Crippen LogP contribution is 2.26. The predicted octanol–water partition coefficient (Wildman–Crippen LogP) is 4.43. The van der Waals surface area contributed by atoms with Gasteiger partial charge < -0.3 is 10.2 Å². The fourth-order valence-electron chi connectivity index (χ4n) is 5.06. The van der Waals surface area contributed by atoms with Crippen molar-refractivity contribution in [1.82, 2.24) is 19.6 Å². The lowest BCUT2D eigenvalue weighted by Crippen LogP contribution is -2.48. The first kappa shape index (κ1) is 23.9. The van der Waals surface area contributed by atoms with Crippen molar-refractivity contribution in [3.05, 3.63) is 77.1 Å². The molecule has 0 bridgehead atoms. The predicted molar refractivity (Wildman–Crippen MR) is 142 cm³/mol. The van der Waals surface area contributed by atoms with E-state index in [4.69, 9.17) is 4.98 Å². The largest absolute Gasteiger partial charge is 0.353 e. The van der Waals surface area contributed by atoms with Crippen molar-refractivity contribution in [2.45, 2.75) is 51.6 Å². The molecule has 0 radical (unpaired) electrons. The Kier molecular flexibility index (Phi) is 7.74. The number of likely N-dealkylation sites (tertiary alicyclic amines) is 1. The third-order valence-electron chi connectivity index (χ3n) is 7.26. The zero-order valence-electron chi connectivity index (χ0n) is 20.5. The van der Waals surface area contributed by atoms with Crippen molar-refractivity contribution in [3.8, 4) is 0 Å². The molecule has 5 rings (SSSR count). The lowest BCUT2D eigenvalue weighted by Gasteiger charge is -2.35. The van der Waals surface area contributed by atoms with E-state index in [-0.39, 0.29) is 11.8 Å². The number of nitrogens with zero attached hydrogens (tertiary/aromatic N) is 4. The molecule has 2 aliphatic heterocycles. The zero-order valence-corrected chi connectivity index (χ0v) is 21.3. The van der Waals surface area contributed by atoms with E-state index in [1.54, 1.807) is 0 Å². The second-order valence-electron chi connectivity index (χ2n) is 9.96. The second kappa shape index (κ2) is 11.3. The van der Waals surface area contributed by atoms with Gasteiger partial charge in [-0.25, -0.2) is 4.98 Å². The van der Waals surface area contributed by atoms with E-state index in [1.807, 2.05) is 0 Å². The van der Waals surface area contributed by atoms with Crippen LogP contribution in [-0.4, -0.2) is 52.4 Å². The van der Waals surface area contributed by atoms with Gasteiger partial charge in [0.15, 0.2) is 0 Å². The van der Waals surface area contributed by atoms with Crippen LogP contribution in [0.1, 0.15) is 48.2 Å². The van der Waals surface area contributed by atoms with Crippen LogP contribution in [0.5, 0.6) is 0 Å². The van der Waals surface area contributed by atoms with Crippen LogP contribution in [0.25, 0.3) is 0 Å². The third-order valence-corrected chi connectivity index (χ3v) is 8.07. The Balaban J connectivity index is 1.04. The maximum Gasteiger partial charge on any atom is 0.223 e. The van der Waals surface area contributed by atoms with E-state index in [1.165, 1.54) is 28.2 Å². The van der Waals surface area contributed by atoms with Gasteiger partial charge >= 0.3 is 0 Å². The number of amides is 1. The highest BCUT2D eigenvalue weighted by atomic mass is 32.1. The Morgan fingerprint density at radius 3 is 2.37 bits per heavy atom. The molecular weight excluding hydrogens is 454 g/mol. The van der Waals surface area contributed by atoms with Gasteiger partial charge in [0.2, 0.25) is 11.0 Å². The quantitative estimate of drug-likeness (QED) is 0.532. The molecule has 3 aromatic rings. The van der Waals surface area contributed by atoms with E-state index in [2.05, 4.69) is 81.0 Å². The van der Waals surface area contributed by atoms with Crippen LogP contribution >= 0.6 is 11.5 Å². The van der Waals surface area contributed by atoms with Gasteiger partial charge in [-0.3, -0.25) is 9.69 Å². The molecule has 7 heteroatoms. The summed E-state index contributed by atoms with van der Waals surface area (Å²) in [4.78, 5) is 22.5. The lowest BCUT2D eigenvalue weighted by atomic mass is 9.95. The first-order valence-corrected chi connectivity index (χ1v) is 13.6. The molecule has 1 amide bonds. The van der Waals surface area contributed by atoms with Gasteiger partial charge in [0, 0.05) is 62.6 Å². The molecule has 0 atom stereocenters. The van der Waals surface area contributed by atoms with E-state index < -0.39 is 0 Å². The monoisotopic (exact) mass is 489 g/mol. The maximum atomic E-state index is 12.9. The zero-order chi connectivity index (χ0) is 24.0. The molecule has 1 aromatic heterocycles. The van der Waals surface area contributed by atoms with Gasteiger partial charge in [-0.1, -0.05) is 60.2 Å². The van der Waals surface area contributed by atoms with Crippen LogP contribution in [0.2, 0.25) is 0 Å². The normalized spacial score (nSPS) is 18.0. The minimum Gasteiger partial charge on any atom is -0.353 e. The number of aromatic nitrogens is 2. The highest BCUT2D eigenvalue weighted by molar-refractivity contribution is 7.09. The van der Waals surface area contributed by atoms with Crippen molar-refractivity contribution in [3.63, 3.8) is 0 Å². The molecule has 0 aliphatic carbocycles. The van der Waals surface area contributed by atoms with Crippen LogP contribution in [0, 0.1) is 12.8 Å². The number of hydrogen-bond donors (Lipinski definition) is 1. The molecule has 6 nitrogen and oxygen atoms in total. The van der Waals surface area contributed by atoms with Crippen molar-refractivity contribution in [1.29, 1.82) is 0 Å². The van der Waals surface area contributed by atoms with Crippen LogP contribution < -0.4 is 10.2 Å². The molecule has 184 valence electrons. The van der Waals surface area contributed by atoms with Crippen molar-refractivity contribution < 1.29 is 4.79 Å². The Morgan fingerprint density at radius 2 is 1.66 bits per heavy atom. The number of rotatable bonds is 7. The third kappa shape index (κ3) is 6.47. The molecule has 0 spiro atoms. The van der Waals surface area contributed by atoms with Gasteiger partial charge in [0.1, 0.15) is 5.82 Å². The molecule has 2 saturated heterocycles. The Bertz CT molecular complexity index is 1080. The summed E-state index contributed by atoms with van der Waals surface area (Å²) in [5, 5.41) is 4.34. The van der Waals surface area contributed by atoms with Crippen LogP contribution in [0.3, 0.4) is 0 Å². The lowest BCUT2D eigenvalue weighted by molar-refractivity contribution is -0.126. The number of carbonyl (C=O) groups excluding carboxylic acids is 1. The molecule has 2 aromatic carbocycles. The van der Waals surface area contributed by atoms with E-state index >= 15 is 0 Å². The summed E-state index contributed by atoms with van der Waals surface area (Å²) in [6, 6.07) is 19.5. The summed E-state index contributed by atoms with van der Waals surface area (Å²) in [5.74, 6) is 1.23. The van der Waals surface area contributed by atoms with Gasteiger partial charge in [-0.15, -0.1) is 0 Å². The molecular formula is C28H35N5OS. The SMILES string of the molecule is Cc1ccc(Cc2nsc(N3CCC(C(=O)NC4CCN(Cc5ccccc5)CC4)CC3)n2)cc1. The summed E-state index contributed by atoms with van der Waals surface area (Å²) in [5.41, 5.74) is 3.86. The second-order valence-corrected chi connectivity index (χ2v) is 10.7. The number of piperidine rings is 2. The van der Waals surface area contributed by atoms with Crippen molar-refractivity contribution in [2.75, 3.05) is 31.1 Å². The Hall–Kier alpha value is -2.77.